The lowest BCUT2D eigenvalue weighted by Crippen LogP contribution is -2.39. The van der Waals surface area contributed by atoms with Gasteiger partial charge in [-0.15, -0.1) is 0 Å². The van der Waals surface area contributed by atoms with Gasteiger partial charge < -0.3 is 13.9 Å². The molecular formula is C21H32O4Si. The Labute approximate surface area is 158 Å². The summed E-state index contributed by atoms with van der Waals surface area (Å²) >= 11 is 0. The minimum absolute atomic E-state index is 0.334. The Morgan fingerprint density at radius 1 is 1.23 bits per heavy atom. The first-order chi connectivity index (χ1) is 12.4. The summed E-state index contributed by atoms with van der Waals surface area (Å²) in [5.74, 6) is 0.435. The van der Waals surface area contributed by atoms with Crippen LogP contribution in [-0.2, 0) is 20.0 Å². The average molecular weight is 377 g/mol. The number of carbonyl (C=O) groups is 1. The van der Waals surface area contributed by atoms with Gasteiger partial charge in [-0.25, -0.2) is 4.79 Å². The maximum atomic E-state index is 11.7. The predicted molar refractivity (Wildman–Crippen MR) is 108 cm³/mol. The van der Waals surface area contributed by atoms with Crippen molar-refractivity contribution < 1.29 is 18.7 Å². The summed E-state index contributed by atoms with van der Waals surface area (Å²) in [6, 6.07) is 6.92. The number of methoxy groups -OCH3 is 1. The number of esters is 1. The largest absolute Gasteiger partial charge is 0.496 e. The highest BCUT2D eigenvalue weighted by Gasteiger charge is 2.29. The van der Waals surface area contributed by atoms with E-state index in [1.807, 2.05) is 12.1 Å². The summed E-state index contributed by atoms with van der Waals surface area (Å²) in [6.45, 7) is 6.73. The second-order valence-corrected chi connectivity index (χ2v) is 11.5. The zero-order chi connectivity index (χ0) is 19.0. The molecule has 0 N–H and O–H groups in total. The molecule has 0 radical (unpaired) electrons. The molecule has 0 saturated heterocycles. The SMILES string of the molecule is CCOC(=O)/C=C/c1c(C[Si](C)(C)OC2CCCCC2)cccc1OC. The average Bonchev–Trinajstić information content (AvgIpc) is 2.60. The summed E-state index contributed by atoms with van der Waals surface area (Å²) in [5, 5.41) is 0. The Morgan fingerprint density at radius 2 is 1.96 bits per heavy atom. The van der Waals surface area contributed by atoms with Crippen LogP contribution in [0.5, 0.6) is 5.75 Å². The molecule has 1 aromatic carbocycles. The van der Waals surface area contributed by atoms with Crippen LogP contribution in [0, 0.1) is 0 Å². The van der Waals surface area contributed by atoms with E-state index in [0.29, 0.717) is 12.7 Å². The van der Waals surface area contributed by atoms with Gasteiger partial charge in [0, 0.05) is 17.7 Å². The number of rotatable bonds is 8. The highest BCUT2D eigenvalue weighted by Crippen LogP contribution is 2.29. The van der Waals surface area contributed by atoms with Crippen molar-refractivity contribution in [1.82, 2.24) is 0 Å². The summed E-state index contributed by atoms with van der Waals surface area (Å²) in [4.78, 5) is 11.7. The van der Waals surface area contributed by atoms with Crippen LogP contribution in [0.15, 0.2) is 24.3 Å². The van der Waals surface area contributed by atoms with Crippen LogP contribution in [-0.4, -0.2) is 34.1 Å². The van der Waals surface area contributed by atoms with Crippen molar-refractivity contribution in [2.24, 2.45) is 0 Å². The molecule has 0 aromatic heterocycles. The minimum atomic E-state index is -1.88. The third-order valence-corrected chi connectivity index (χ3v) is 6.91. The van der Waals surface area contributed by atoms with Gasteiger partial charge in [0.1, 0.15) is 5.75 Å². The van der Waals surface area contributed by atoms with Crippen LogP contribution >= 0.6 is 0 Å². The molecule has 26 heavy (non-hydrogen) atoms. The van der Waals surface area contributed by atoms with E-state index in [0.717, 1.165) is 22.9 Å². The van der Waals surface area contributed by atoms with Crippen molar-refractivity contribution in [1.29, 1.82) is 0 Å². The van der Waals surface area contributed by atoms with Crippen molar-refractivity contribution in [2.75, 3.05) is 13.7 Å². The molecule has 0 unspecified atom stereocenters. The molecule has 1 aromatic rings. The first-order valence-electron chi connectivity index (χ1n) is 9.63. The van der Waals surface area contributed by atoms with Gasteiger partial charge in [-0.3, -0.25) is 0 Å². The van der Waals surface area contributed by atoms with Gasteiger partial charge in [0.2, 0.25) is 0 Å². The van der Waals surface area contributed by atoms with E-state index < -0.39 is 8.32 Å². The Balaban J connectivity index is 2.17. The van der Waals surface area contributed by atoms with Crippen LogP contribution in [0.1, 0.15) is 50.2 Å². The van der Waals surface area contributed by atoms with Crippen LogP contribution in [0.2, 0.25) is 13.1 Å². The second-order valence-electron chi connectivity index (χ2n) is 7.43. The normalized spacial score (nSPS) is 16.0. The third-order valence-electron chi connectivity index (χ3n) is 4.70. The second kappa shape index (κ2) is 9.93. The number of hydrogen-bond acceptors (Lipinski definition) is 4. The lowest BCUT2D eigenvalue weighted by atomic mass is 9.98. The number of carbonyl (C=O) groups excluding carboxylic acids is 1. The van der Waals surface area contributed by atoms with Gasteiger partial charge in [-0.2, -0.15) is 0 Å². The van der Waals surface area contributed by atoms with Crippen LogP contribution < -0.4 is 4.74 Å². The third kappa shape index (κ3) is 6.29. The quantitative estimate of drug-likeness (QED) is 0.367. The fraction of sp³-hybridized carbons (Fsp3) is 0.571. The summed E-state index contributed by atoms with van der Waals surface area (Å²) < 4.78 is 17.1. The standard InChI is InChI=1S/C21H32O4Si/c1-5-24-21(22)15-14-19-17(10-9-13-20(19)23-2)16-26(3,4)25-18-11-7-6-8-12-18/h9-10,13-15,18H,5-8,11-12,16H2,1-4H3/b15-14+. The van der Waals surface area contributed by atoms with Crippen LogP contribution in [0.3, 0.4) is 0 Å². The fourth-order valence-electron chi connectivity index (χ4n) is 3.59. The Bertz CT molecular complexity index is 618. The Kier molecular flexibility index (Phi) is 7.91. The maximum absolute atomic E-state index is 11.7. The van der Waals surface area contributed by atoms with Gasteiger partial charge in [0.05, 0.1) is 13.7 Å². The molecular weight excluding hydrogens is 344 g/mol. The highest BCUT2D eigenvalue weighted by atomic mass is 28.4. The van der Waals surface area contributed by atoms with E-state index in [9.17, 15) is 4.79 Å². The van der Waals surface area contributed by atoms with E-state index in [2.05, 4.69) is 19.2 Å². The van der Waals surface area contributed by atoms with Crippen molar-refractivity contribution in [3.8, 4) is 5.75 Å². The smallest absolute Gasteiger partial charge is 0.330 e. The van der Waals surface area contributed by atoms with Gasteiger partial charge in [-0.1, -0.05) is 31.4 Å². The highest BCUT2D eigenvalue weighted by molar-refractivity contribution is 6.70. The minimum Gasteiger partial charge on any atom is -0.496 e. The van der Waals surface area contributed by atoms with E-state index >= 15 is 0 Å². The topological polar surface area (TPSA) is 44.8 Å². The summed E-state index contributed by atoms with van der Waals surface area (Å²) in [7, 11) is -0.221. The summed E-state index contributed by atoms with van der Waals surface area (Å²) in [6.07, 6.45) is 9.95. The van der Waals surface area contributed by atoms with Gasteiger partial charge in [0.25, 0.3) is 0 Å². The van der Waals surface area contributed by atoms with Gasteiger partial charge in [0.15, 0.2) is 8.32 Å². The number of benzene rings is 1. The van der Waals surface area contributed by atoms with Crippen molar-refractivity contribution >= 4 is 20.4 Å². The lowest BCUT2D eigenvalue weighted by Gasteiger charge is -2.32. The molecule has 0 spiro atoms. The number of hydrogen-bond donors (Lipinski definition) is 0. The molecule has 144 valence electrons. The molecule has 0 heterocycles. The molecule has 1 saturated carbocycles. The Hall–Kier alpha value is -1.59. The first kappa shape index (κ1) is 20.7. The zero-order valence-corrected chi connectivity index (χ0v) is 17.5. The maximum Gasteiger partial charge on any atom is 0.330 e. The molecule has 0 amide bonds. The van der Waals surface area contributed by atoms with E-state index in [-0.39, 0.29) is 5.97 Å². The molecule has 1 fully saturated rings. The fourth-order valence-corrected chi connectivity index (χ4v) is 6.03. The molecule has 2 rings (SSSR count). The molecule has 1 aliphatic carbocycles. The monoisotopic (exact) mass is 376 g/mol. The zero-order valence-electron chi connectivity index (χ0n) is 16.5. The van der Waals surface area contributed by atoms with Crippen molar-refractivity contribution in [3.63, 3.8) is 0 Å². The van der Waals surface area contributed by atoms with Crippen LogP contribution in [0.25, 0.3) is 6.08 Å². The van der Waals surface area contributed by atoms with E-state index in [1.54, 1.807) is 20.1 Å². The van der Waals surface area contributed by atoms with E-state index in [1.165, 1.54) is 38.2 Å². The van der Waals surface area contributed by atoms with Gasteiger partial charge >= 0.3 is 5.97 Å². The van der Waals surface area contributed by atoms with Gasteiger partial charge in [-0.05, 0) is 56.6 Å². The molecule has 1 aliphatic rings. The predicted octanol–water partition coefficient (Wildman–Crippen LogP) is 4.91. The lowest BCUT2D eigenvalue weighted by molar-refractivity contribution is -0.137. The molecule has 0 aliphatic heterocycles. The van der Waals surface area contributed by atoms with Crippen molar-refractivity contribution in [3.05, 3.63) is 35.4 Å². The molecule has 0 bridgehead atoms. The summed E-state index contributed by atoms with van der Waals surface area (Å²) in [5.41, 5.74) is 2.10. The van der Waals surface area contributed by atoms with E-state index in [4.69, 9.17) is 13.9 Å². The molecule has 0 atom stereocenters. The van der Waals surface area contributed by atoms with Crippen LogP contribution in [0.4, 0.5) is 0 Å². The Morgan fingerprint density at radius 3 is 2.62 bits per heavy atom. The first-order valence-corrected chi connectivity index (χ1v) is 12.7. The van der Waals surface area contributed by atoms with Crippen molar-refractivity contribution in [2.45, 2.75) is 64.3 Å². The number of ether oxygens (including phenoxy) is 2. The molecule has 4 nitrogen and oxygen atoms in total. The molecule has 5 heteroatoms.